The number of nitrogens with zero attached hydrogens (tertiary/aromatic N) is 3. The Morgan fingerprint density at radius 2 is 1.93 bits per heavy atom. The van der Waals surface area contributed by atoms with E-state index in [9.17, 15) is 13.6 Å². The normalized spacial score (nSPS) is 18.8. The Hall–Kier alpha value is -2.22. The molecule has 41 heavy (non-hydrogen) atoms. The van der Waals surface area contributed by atoms with Crippen molar-refractivity contribution >= 4 is 33.3 Å². The summed E-state index contributed by atoms with van der Waals surface area (Å²) in [7, 11) is 3.31. The number of methoxy groups -OCH3 is 2. The molecular formula is C31H44AlF2N3O4. The summed E-state index contributed by atoms with van der Waals surface area (Å²) in [6, 6.07) is 3.78. The van der Waals surface area contributed by atoms with Gasteiger partial charge in [0.15, 0.2) is 0 Å². The van der Waals surface area contributed by atoms with Crippen LogP contribution in [-0.2, 0) is 16.0 Å². The SMILES string of the molecule is COC/C(C)=C/C=C(\[CH](C)[Al])C1CN(CC(F)F)CCN1Cc1c(OC)cc(C)c2c1ccn2C(=O)OC(C)(C)C. The molecule has 0 saturated carbocycles. The van der Waals surface area contributed by atoms with Crippen LogP contribution in [0.2, 0.25) is 4.78 Å². The summed E-state index contributed by atoms with van der Waals surface area (Å²) >= 11 is 2.86. The molecule has 2 radical (unpaired) electrons. The lowest BCUT2D eigenvalue weighted by molar-refractivity contribution is 0.0343. The zero-order valence-electron chi connectivity index (χ0n) is 25.7. The number of hydrogen-bond acceptors (Lipinski definition) is 6. The molecule has 1 aromatic heterocycles. The molecule has 1 aliphatic rings. The molecule has 0 aliphatic carbocycles. The van der Waals surface area contributed by atoms with E-state index in [0.717, 1.165) is 38.9 Å². The average molecular weight is 588 g/mol. The van der Waals surface area contributed by atoms with Crippen LogP contribution in [-0.4, -0.2) is 102 Å². The molecule has 1 aliphatic heterocycles. The summed E-state index contributed by atoms with van der Waals surface area (Å²) in [4.78, 5) is 17.3. The van der Waals surface area contributed by atoms with Crippen molar-refractivity contribution in [1.29, 1.82) is 0 Å². The lowest BCUT2D eigenvalue weighted by Gasteiger charge is -2.44. The predicted molar refractivity (Wildman–Crippen MR) is 160 cm³/mol. The summed E-state index contributed by atoms with van der Waals surface area (Å²) in [6.07, 6.45) is 3.07. The largest absolute Gasteiger partial charge is 0.496 e. The zero-order chi connectivity index (χ0) is 30.5. The first kappa shape index (κ1) is 33.3. The van der Waals surface area contributed by atoms with E-state index in [1.54, 1.807) is 25.0 Å². The average Bonchev–Trinajstić information content (AvgIpc) is 3.32. The molecule has 2 unspecified atom stereocenters. The van der Waals surface area contributed by atoms with E-state index in [-0.39, 0.29) is 17.4 Å². The summed E-state index contributed by atoms with van der Waals surface area (Å²) < 4.78 is 45.3. The third-order valence-electron chi connectivity index (χ3n) is 7.22. The van der Waals surface area contributed by atoms with Gasteiger partial charge in [0.1, 0.15) is 27.6 Å². The summed E-state index contributed by atoms with van der Waals surface area (Å²) in [5, 5.41) is 0.904. The Labute approximate surface area is 251 Å². The topological polar surface area (TPSA) is 56.2 Å². The van der Waals surface area contributed by atoms with E-state index in [2.05, 4.69) is 40.3 Å². The van der Waals surface area contributed by atoms with Crippen LogP contribution >= 0.6 is 0 Å². The van der Waals surface area contributed by atoms with E-state index >= 15 is 0 Å². The minimum Gasteiger partial charge on any atom is -0.496 e. The van der Waals surface area contributed by atoms with Crippen molar-refractivity contribution in [2.75, 3.05) is 47.0 Å². The van der Waals surface area contributed by atoms with E-state index < -0.39 is 18.1 Å². The second-order valence-electron chi connectivity index (χ2n) is 11.8. The number of allylic oxidation sites excluding steroid dienone is 2. The molecule has 2 atom stereocenters. The molecule has 1 saturated heterocycles. The molecule has 10 heteroatoms. The van der Waals surface area contributed by atoms with Crippen molar-refractivity contribution in [1.82, 2.24) is 14.4 Å². The number of carbonyl (C=O) groups excluding carboxylic acids is 1. The Bertz CT molecular complexity index is 1270. The van der Waals surface area contributed by atoms with Gasteiger partial charge in [-0.15, -0.1) is 0 Å². The highest BCUT2D eigenvalue weighted by atomic mass is 27.0. The maximum atomic E-state index is 13.4. The number of alkyl halides is 2. The van der Waals surface area contributed by atoms with Crippen molar-refractivity contribution in [2.45, 2.75) is 70.9 Å². The van der Waals surface area contributed by atoms with Gasteiger partial charge in [-0.3, -0.25) is 14.4 Å². The van der Waals surface area contributed by atoms with Crippen LogP contribution in [0.25, 0.3) is 10.9 Å². The third-order valence-corrected chi connectivity index (χ3v) is 7.60. The standard InChI is InChI=1S/C31H44F2N3O4.Al/c1-9-23(11-10-21(2)20-38-7)26-18-34(19-28(32)33)14-15-35(26)17-25-24-12-13-36(30(37)40-31(4,5)6)29(24)22(3)16-27(25)39-8;/h9-13,16,26,28H,14-15,17-20H2,1-8H3;/b21-10+,23-11+;. The van der Waals surface area contributed by atoms with Gasteiger partial charge in [0.05, 0.1) is 25.8 Å². The molecule has 2 heterocycles. The van der Waals surface area contributed by atoms with Gasteiger partial charge in [0, 0.05) is 56.5 Å². The van der Waals surface area contributed by atoms with Gasteiger partial charge in [0.25, 0.3) is 6.43 Å². The van der Waals surface area contributed by atoms with E-state index in [0.29, 0.717) is 32.8 Å². The molecule has 0 bridgehead atoms. The molecule has 3 rings (SSSR count). The van der Waals surface area contributed by atoms with Crippen LogP contribution in [0.5, 0.6) is 5.75 Å². The number of benzene rings is 1. The number of aromatic nitrogens is 1. The third kappa shape index (κ3) is 8.65. The molecule has 1 aromatic carbocycles. The first-order chi connectivity index (χ1) is 19.2. The van der Waals surface area contributed by atoms with Gasteiger partial charge in [-0.05, 0) is 57.9 Å². The lowest BCUT2D eigenvalue weighted by Crippen LogP contribution is -2.54. The smallest absolute Gasteiger partial charge is 0.419 e. The van der Waals surface area contributed by atoms with Crippen molar-refractivity contribution in [3.05, 3.63) is 52.8 Å². The first-order valence-electron chi connectivity index (χ1n) is 14.0. The fraction of sp³-hybridized carbons (Fsp3) is 0.581. The van der Waals surface area contributed by atoms with Crippen LogP contribution in [0, 0.1) is 6.92 Å². The Morgan fingerprint density at radius 3 is 2.51 bits per heavy atom. The second kappa shape index (κ2) is 14.3. The fourth-order valence-corrected chi connectivity index (χ4v) is 5.73. The number of halogens is 2. The number of piperazine rings is 1. The minimum atomic E-state index is -2.39. The zero-order valence-corrected chi connectivity index (χ0v) is 26.8. The first-order valence-corrected chi connectivity index (χ1v) is 14.7. The van der Waals surface area contributed by atoms with E-state index in [4.69, 9.17) is 14.2 Å². The number of ether oxygens (including phenoxy) is 3. The number of rotatable bonds is 10. The predicted octanol–water partition coefficient (Wildman–Crippen LogP) is 5.99. The van der Waals surface area contributed by atoms with Gasteiger partial charge in [-0.2, -0.15) is 0 Å². The molecule has 1 fully saturated rings. The highest BCUT2D eigenvalue weighted by molar-refractivity contribution is 6.13. The fourth-order valence-electron chi connectivity index (χ4n) is 5.40. The van der Waals surface area contributed by atoms with Gasteiger partial charge in [0.2, 0.25) is 0 Å². The highest BCUT2D eigenvalue weighted by Crippen LogP contribution is 2.36. The Balaban J connectivity index is 2.08. The van der Waals surface area contributed by atoms with Crippen molar-refractivity contribution < 1.29 is 27.8 Å². The molecule has 224 valence electrons. The number of fused-ring (bicyclic) bond motifs is 1. The molecule has 7 nitrogen and oxygen atoms in total. The van der Waals surface area contributed by atoms with Gasteiger partial charge < -0.3 is 14.2 Å². The van der Waals surface area contributed by atoms with E-state index in [1.165, 1.54) is 0 Å². The van der Waals surface area contributed by atoms with E-state index in [1.807, 2.05) is 51.7 Å². The Morgan fingerprint density at radius 1 is 1.22 bits per heavy atom. The second-order valence-corrected chi connectivity index (χ2v) is 12.8. The van der Waals surface area contributed by atoms with Crippen LogP contribution in [0.4, 0.5) is 13.6 Å². The summed E-state index contributed by atoms with van der Waals surface area (Å²) in [5.74, 6) is 0.728. The number of hydrogen-bond donors (Lipinski definition) is 0. The monoisotopic (exact) mass is 587 g/mol. The number of carbonyl (C=O) groups is 1. The summed E-state index contributed by atoms with van der Waals surface area (Å²) in [5.41, 5.74) is 4.20. The van der Waals surface area contributed by atoms with Crippen molar-refractivity contribution in [3.8, 4) is 5.75 Å². The van der Waals surface area contributed by atoms with Crippen molar-refractivity contribution in [3.63, 3.8) is 0 Å². The molecule has 0 amide bonds. The molecule has 2 aromatic rings. The van der Waals surface area contributed by atoms with Gasteiger partial charge >= 0.3 is 6.09 Å². The minimum absolute atomic E-state index is 0.101. The van der Waals surface area contributed by atoms with Crippen LogP contribution in [0.3, 0.4) is 0 Å². The maximum absolute atomic E-state index is 13.4. The van der Waals surface area contributed by atoms with Crippen LogP contribution in [0.1, 0.15) is 45.7 Å². The van der Waals surface area contributed by atoms with Gasteiger partial charge in [-0.25, -0.2) is 13.6 Å². The van der Waals surface area contributed by atoms with Gasteiger partial charge in [-0.1, -0.05) is 29.4 Å². The van der Waals surface area contributed by atoms with Crippen LogP contribution in [0.15, 0.2) is 41.6 Å². The molecule has 0 N–H and O–H groups in total. The number of aryl methyl sites for hydroxylation is 1. The lowest BCUT2D eigenvalue weighted by atomic mass is 9.96. The Kier molecular flexibility index (Phi) is 11.6. The maximum Gasteiger partial charge on any atom is 0.419 e. The quantitative estimate of drug-likeness (QED) is 0.252. The van der Waals surface area contributed by atoms with Crippen LogP contribution < -0.4 is 4.74 Å². The molecule has 0 spiro atoms. The van der Waals surface area contributed by atoms with Crippen molar-refractivity contribution in [2.24, 2.45) is 0 Å². The highest BCUT2D eigenvalue weighted by Gasteiger charge is 2.33. The summed E-state index contributed by atoms with van der Waals surface area (Å²) in [6.45, 7) is 14.0. The molecular weight excluding hydrogens is 543 g/mol.